The Kier molecular flexibility index (Phi) is 3.41. The summed E-state index contributed by atoms with van der Waals surface area (Å²) >= 11 is 5.21. The molecule has 2 unspecified atom stereocenters. The van der Waals surface area contributed by atoms with Crippen molar-refractivity contribution in [2.45, 2.75) is 18.4 Å². The number of ether oxygens (including phenoxy) is 1. The number of thiophene rings is 1. The highest BCUT2D eigenvalue weighted by molar-refractivity contribution is 9.11. The second kappa shape index (κ2) is 5.03. The second-order valence-electron chi connectivity index (χ2n) is 4.45. The van der Waals surface area contributed by atoms with Crippen LogP contribution in [0.4, 0.5) is 0 Å². The van der Waals surface area contributed by atoms with Crippen molar-refractivity contribution in [2.75, 3.05) is 6.61 Å². The van der Waals surface area contributed by atoms with E-state index in [0.29, 0.717) is 5.92 Å². The number of rotatable bonds is 2. The average Bonchev–Trinajstić information content (AvgIpc) is 2.84. The van der Waals surface area contributed by atoms with E-state index < -0.39 is 0 Å². The van der Waals surface area contributed by atoms with Crippen LogP contribution in [0.2, 0.25) is 0 Å². The Balaban J connectivity index is 1.94. The van der Waals surface area contributed by atoms with Gasteiger partial charge < -0.3 is 10.5 Å². The lowest BCUT2D eigenvalue weighted by atomic mass is 9.86. The molecule has 0 spiro atoms. The van der Waals surface area contributed by atoms with Crippen molar-refractivity contribution in [3.05, 3.63) is 50.6 Å². The highest BCUT2D eigenvalue weighted by atomic mass is 79.9. The zero-order chi connectivity index (χ0) is 12.5. The minimum atomic E-state index is 0.0475. The molecule has 2 heterocycles. The molecule has 0 saturated heterocycles. The van der Waals surface area contributed by atoms with Crippen LogP contribution in [0.15, 0.2) is 40.2 Å². The summed E-state index contributed by atoms with van der Waals surface area (Å²) in [5.41, 5.74) is 7.67. The third-order valence-corrected chi connectivity index (χ3v) is 5.09. The Labute approximate surface area is 119 Å². The predicted octanol–water partition coefficient (Wildman–Crippen LogP) is 4.08. The molecule has 1 aromatic heterocycles. The van der Waals surface area contributed by atoms with Gasteiger partial charge in [-0.05, 0) is 46.1 Å². The fourth-order valence-electron chi connectivity index (χ4n) is 2.45. The van der Waals surface area contributed by atoms with Crippen molar-refractivity contribution in [1.82, 2.24) is 0 Å². The zero-order valence-electron chi connectivity index (χ0n) is 9.80. The molecule has 0 aliphatic carbocycles. The summed E-state index contributed by atoms with van der Waals surface area (Å²) in [7, 11) is 0. The van der Waals surface area contributed by atoms with Crippen LogP contribution in [0.3, 0.4) is 0 Å². The molecule has 2 aromatic rings. The fourth-order valence-corrected chi connectivity index (χ4v) is 3.94. The lowest BCUT2D eigenvalue weighted by Gasteiger charge is -2.29. The number of nitrogens with two attached hydrogens (primary N) is 1. The molecule has 0 saturated carbocycles. The van der Waals surface area contributed by atoms with Crippen molar-refractivity contribution in [3.63, 3.8) is 0 Å². The molecule has 4 heteroatoms. The molecule has 18 heavy (non-hydrogen) atoms. The van der Waals surface area contributed by atoms with Gasteiger partial charge in [-0.3, -0.25) is 0 Å². The van der Waals surface area contributed by atoms with E-state index in [1.807, 2.05) is 12.1 Å². The van der Waals surface area contributed by atoms with E-state index in [1.165, 1.54) is 10.4 Å². The van der Waals surface area contributed by atoms with E-state index in [-0.39, 0.29) is 6.04 Å². The number of para-hydroxylation sites is 1. The Morgan fingerprint density at radius 3 is 2.89 bits per heavy atom. The molecule has 0 radical (unpaired) electrons. The predicted molar refractivity (Wildman–Crippen MR) is 78.2 cm³/mol. The Morgan fingerprint density at radius 1 is 1.28 bits per heavy atom. The standard InChI is InChI=1S/C14H14BrNOS/c15-13-6-5-12(18-13)14(16)10-7-8-17-11-4-2-1-3-9(10)11/h1-6,10,14H,7-8,16H2. The molecular weight excluding hydrogens is 310 g/mol. The lowest BCUT2D eigenvalue weighted by Crippen LogP contribution is -2.24. The van der Waals surface area contributed by atoms with E-state index >= 15 is 0 Å². The summed E-state index contributed by atoms with van der Waals surface area (Å²) in [6.45, 7) is 0.752. The first-order valence-corrected chi connectivity index (χ1v) is 7.59. The third kappa shape index (κ3) is 2.20. The van der Waals surface area contributed by atoms with Crippen molar-refractivity contribution >= 4 is 27.3 Å². The van der Waals surface area contributed by atoms with Crippen LogP contribution >= 0.6 is 27.3 Å². The van der Waals surface area contributed by atoms with Gasteiger partial charge in [-0.15, -0.1) is 11.3 Å². The number of benzene rings is 1. The van der Waals surface area contributed by atoms with E-state index in [9.17, 15) is 0 Å². The van der Waals surface area contributed by atoms with Crippen LogP contribution in [-0.4, -0.2) is 6.61 Å². The molecule has 1 aliphatic rings. The topological polar surface area (TPSA) is 35.2 Å². The van der Waals surface area contributed by atoms with E-state index in [0.717, 1.165) is 22.6 Å². The van der Waals surface area contributed by atoms with Crippen LogP contribution in [0.5, 0.6) is 5.75 Å². The molecule has 1 aromatic carbocycles. The molecule has 0 bridgehead atoms. The highest BCUT2D eigenvalue weighted by Gasteiger charge is 2.28. The van der Waals surface area contributed by atoms with Gasteiger partial charge in [-0.25, -0.2) is 0 Å². The SMILES string of the molecule is NC(c1ccc(Br)s1)C1CCOc2ccccc21. The number of hydrogen-bond donors (Lipinski definition) is 1. The monoisotopic (exact) mass is 323 g/mol. The van der Waals surface area contributed by atoms with Crippen LogP contribution in [0, 0.1) is 0 Å². The first-order chi connectivity index (χ1) is 8.75. The van der Waals surface area contributed by atoms with Crippen LogP contribution in [-0.2, 0) is 0 Å². The van der Waals surface area contributed by atoms with Crippen molar-refractivity contribution < 1.29 is 4.74 Å². The van der Waals surface area contributed by atoms with Gasteiger partial charge in [0.2, 0.25) is 0 Å². The average molecular weight is 324 g/mol. The van der Waals surface area contributed by atoms with Gasteiger partial charge in [-0.1, -0.05) is 18.2 Å². The summed E-state index contributed by atoms with van der Waals surface area (Å²) in [6, 6.07) is 12.4. The Bertz CT molecular complexity index is 554. The van der Waals surface area contributed by atoms with Crippen LogP contribution in [0.25, 0.3) is 0 Å². The third-order valence-electron chi connectivity index (χ3n) is 3.36. The zero-order valence-corrected chi connectivity index (χ0v) is 12.2. The van der Waals surface area contributed by atoms with Crippen molar-refractivity contribution in [1.29, 1.82) is 0 Å². The maximum atomic E-state index is 6.43. The molecular formula is C14H14BrNOS. The quantitative estimate of drug-likeness (QED) is 0.903. The minimum Gasteiger partial charge on any atom is -0.493 e. The van der Waals surface area contributed by atoms with Crippen molar-refractivity contribution in [3.8, 4) is 5.75 Å². The summed E-state index contributed by atoms with van der Waals surface area (Å²) < 4.78 is 6.82. The van der Waals surface area contributed by atoms with E-state index in [2.05, 4.69) is 40.2 Å². The van der Waals surface area contributed by atoms with E-state index in [1.54, 1.807) is 11.3 Å². The van der Waals surface area contributed by atoms with Gasteiger partial charge in [0.1, 0.15) is 5.75 Å². The molecule has 2 nitrogen and oxygen atoms in total. The van der Waals surface area contributed by atoms with Gasteiger partial charge in [0, 0.05) is 16.8 Å². The fraction of sp³-hybridized carbons (Fsp3) is 0.286. The molecule has 0 amide bonds. The maximum Gasteiger partial charge on any atom is 0.122 e. The van der Waals surface area contributed by atoms with Gasteiger partial charge in [-0.2, -0.15) is 0 Å². The lowest BCUT2D eigenvalue weighted by molar-refractivity contribution is 0.256. The molecule has 2 N–H and O–H groups in total. The molecule has 94 valence electrons. The largest absolute Gasteiger partial charge is 0.493 e. The van der Waals surface area contributed by atoms with Gasteiger partial charge in [0.25, 0.3) is 0 Å². The molecule has 0 fully saturated rings. The number of hydrogen-bond acceptors (Lipinski definition) is 3. The smallest absolute Gasteiger partial charge is 0.122 e. The molecule has 3 rings (SSSR count). The Hall–Kier alpha value is -0.840. The summed E-state index contributed by atoms with van der Waals surface area (Å²) in [4.78, 5) is 1.23. The van der Waals surface area contributed by atoms with E-state index in [4.69, 9.17) is 10.5 Å². The molecule has 1 aliphatic heterocycles. The van der Waals surface area contributed by atoms with Crippen molar-refractivity contribution in [2.24, 2.45) is 5.73 Å². The first kappa shape index (κ1) is 12.2. The maximum absolute atomic E-state index is 6.43. The highest BCUT2D eigenvalue weighted by Crippen LogP contribution is 2.42. The number of halogens is 1. The molecule has 2 atom stereocenters. The normalized spacial score (nSPS) is 20.0. The second-order valence-corrected chi connectivity index (χ2v) is 6.94. The number of fused-ring (bicyclic) bond motifs is 1. The first-order valence-electron chi connectivity index (χ1n) is 5.98. The Morgan fingerprint density at radius 2 is 2.11 bits per heavy atom. The van der Waals surface area contributed by atoms with Gasteiger partial charge in [0.05, 0.1) is 10.4 Å². The van der Waals surface area contributed by atoms with Gasteiger partial charge >= 0.3 is 0 Å². The van der Waals surface area contributed by atoms with Crippen LogP contribution < -0.4 is 10.5 Å². The summed E-state index contributed by atoms with van der Waals surface area (Å²) in [5, 5.41) is 0. The van der Waals surface area contributed by atoms with Crippen LogP contribution in [0.1, 0.15) is 28.8 Å². The minimum absolute atomic E-state index is 0.0475. The summed E-state index contributed by atoms with van der Waals surface area (Å²) in [5.74, 6) is 1.33. The summed E-state index contributed by atoms with van der Waals surface area (Å²) in [6.07, 6.45) is 0.980. The van der Waals surface area contributed by atoms with Gasteiger partial charge in [0.15, 0.2) is 0 Å².